The van der Waals surface area contributed by atoms with E-state index in [1.807, 2.05) is 49.5 Å². The van der Waals surface area contributed by atoms with E-state index in [9.17, 15) is 10.2 Å². The highest BCUT2D eigenvalue weighted by Gasteiger charge is 2.43. The molecule has 6 nitrogen and oxygen atoms in total. The summed E-state index contributed by atoms with van der Waals surface area (Å²) in [6, 6.07) is 11.9. The van der Waals surface area contributed by atoms with E-state index < -0.39 is 12.2 Å². The summed E-state index contributed by atoms with van der Waals surface area (Å²) in [5, 5.41) is 22.7. The Labute approximate surface area is 182 Å². The zero-order valence-electron chi connectivity index (χ0n) is 18.1. The molecule has 31 heavy (non-hydrogen) atoms. The number of β-amino-alcohol motifs (C(OH)–C–C–N with tert-alkyl or cyclic N) is 1. The van der Waals surface area contributed by atoms with Gasteiger partial charge in [-0.15, -0.1) is 0 Å². The van der Waals surface area contributed by atoms with Crippen molar-refractivity contribution in [3.63, 3.8) is 0 Å². The lowest BCUT2D eigenvalue weighted by Gasteiger charge is -2.46. The lowest BCUT2D eigenvalue weighted by molar-refractivity contribution is -0.0587. The highest BCUT2D eigenvalue weighted by Crippen LogP contribution is 2.44. The second kappa shape index (κ2) is 7.86. The van der Waals surface area contributed by atoms with Gasteiger partial charge in [0.15, 0.2) is 0 Å². The molecule has 2 aliphatic rings. The summed E-state index contributed by atoms with van der Waals surface area (Å²) >= 11 is 0. The molecule has 1 aromatic heterocycles. The first-order valence-electron chi connectivity index (χ1n) is 11.0. The van der Waals surface area contributed by atoms with E-state index in [1.165, 1.54) is 0 Å². The molecule has 0 saturated carbocycles. The molecular weight excluding hydrogens is 392 g/mol. The fourth-order valence-corrected chi connectivity index (χ4v) is 5.08. The Kier molecular flexibility index (Phi) is 5.16. The van der Waals surface area contributed by atoms with Crippen molar-refractivity contribution in [3.05, 3.63) is 59.3 Å². The maximum absolute atomic E-state index is 10.9. The summed E-state index contributed by atoms with van der Waals surface area (Å²) < 4.78 is 11.7. The smallest absolute Gasteiger partial charge is 0.125 e. The number of aliphatic hydroxyl groups excluding tert-OH is 2. The van der Waals surface area contributed by atoms with Crippen molar-refractivity contribution < 1.29 is 19.7 Å². The van der Waals surface area contributed by atoms with Gasteiger partial charge in [0.05, 0.1) is 19.3 Å². The van der Waals surface area contributed by atoms with E-state index in [0.717, 1.165) is 65.0 Å². The number of hydrogen-bond donors (Lipinski definition) is 3. The predicted molar refractivity (Wildman–Crippen MR) is 120 cm³/mol. The lowest BCUT2D eigenvalue weighted by Crippen LogP contribution is -2.51. The number of aromatic amines is 1. The summed E-state index contributed by atoms with van der Waals surface area (Å²) in [6.07, 6.45) is 3.15. The van der Waals surface area contributed by atoms with Crippen molar-refractivity contribution >= 4 is 10.9 Å². The minimum Gasteiger partial charge on any atom is -0.497 e. The number of hydrogen-bond acceptors (Lipinski definition) is 5. The largest absolute Gasteiger partial charge is 0.497 e. The molecule has 2 aliphatic heterocycles. The van der Waals surface area contributed by atoms with E-state index >= 15 is 0 Å². The van der Waals surface area contributed by atoms with E-state index in [-0.39, 0.29) is 5.60 Å². The first kappa shape index (κ1) is 20.4. The van der Waals surface area contributed by atoms with Gasteiger partial charge in [-0.05, 0) is 44.0 Å². The fraction of sp³-hybridized carbons (Fsp3) is 0.440. The molecular formula is C25H30N2O4. The number of rotatable bonds is 4. The SMILES string of the molecule is COc1ccc2c([C@@H](O)CN3CCC4(CC3)C[C@H](O)c3cc(C)ccc3O4)c[nH]c2c1. The van der Waals surface area contributed by atoms with Crippen LogP contribution in [0.3, 0.4) is 0 Å². The van der Waals surface area contributed by atoms with Crippen molar-refractivity contribution in [3.8, 4) is 11.5 Å². The third-order valence-electron chi connectivity index (χ3n) is 6.89. The monoisotopic (exact) mass is 422 g/mol. The van der Waals surface area contributed by atoms with Crippen LogP contribution in [0.1, 0.15) is 48.2 Å². The summed E-state index contributed by atoms with van der Waals surface area (Å²) in [5.74, 6) is 1.61. The third kappa shape index (κ3) is 3.80. The number of likely N-dealkylation sites (tertiary alicyclic amines) is 1. The summed E-state index contributed by atoms with van der Waals surface area (Å²) in [5.41, 5.74) is 3.59. The Morgan fingerprint density at radius 1 is 1.23 bits per heavy atom. The van der Waals surface area contributed by atoms with Crippen LogP contribution in [-0.2, 0) is 0 Å². The molecule has 0 unspecified atom stereocenters. The molecule has 3 N–H and O–H groups in total. The molecule has 0 amide bonds. The Balaban J connectivity index is 1.25. The average molecular weight is 423 g/mol. The van der Waals surface area contributed by atoms with Crippen LogP contribution in [0.15, 0.2) is 42.6 Å². The molecule has 0 bridgehead atoms. The first-order chi connectivity index (χ1) is 15.0. The van der Waals surface area contributed by atoms with E-state index in [1.54, 1.807) is 7.11 Å². The first-order valence-corrected chi connectivity index (χ1v) is 11.0. The van der Waals surface area contributed by atoms with Crippen molar-refractivity contribution in [2.24, 2.45) is 0 Å². The van der Waals surface area contributed by atoms with Gasteiger partial charge in [-0.3, -0.25) is 0 Å². The summed E-state index contributed by atoms with van der Waals surface area (Å²) in [7, 11) is 1.65. The van der Waals surface area contributed by atoms with Gasteiger partial charge in [0.2, 0.25) is 0 Å². The molecule has 1 saturated heterocycles. The molecule has 2 aromatic carbocycles. The average Bonchev–Trinajstić information content (AvgIpc) is 3.19. The van der Waals surface area contributed by atoms with Gasteiger partial charge in [-0.1, -0.05) is 11.6 Å². The number of aliphatic hydroxyl groups is 2. The number of ether oxygens (including phenoxy) is 2. The van der Waals surface area contributed by atoms with Crippen molar-refractivity contribution in [1.29, 1.82) is 0 Å². The van der Waals surface area contributed by atoms with Crippen molar-refractivity contribution in [2.75, 3.05) is 26.7 Å². The molecule has 0 radical (unpaired) electrons. The van der Waals surface area contributed by atoms with Crippen LogP contribution in [-0.4, -0.2) is 52.4 Å². The number of aromatic nitrogens is 1. The molecule has 0 aliphatic carbocycles. The Morgan fingerprint density at radius 3 is 2.81 bits per heavy atom. The van der Waals surface area contributed by atoms with E-state index in [2.05, 4.69) is 9.88 Å². The number of benzene rings is 2. The zero-order chi connectivity index (χ0) is 21.6. The number of piperidine rings is 1. The van der Waals surface area contributed by atoms with Crippen LogP contribution in [0.2, 0.25) is 0 Å². The standard InChI is InChI=1S/C25H30N2O4/c1-16-3-6-24-19(11-16)22(28)13-25(31-24)7-9-27(10-8-25)15-23(29)20-14-26-21-12-17(30-2)4-5-18(20)21/h3-6,11-12,14,22-23,26,28-29H,7-10,13,15H2,1-2H3/t22-,23-/m0/s1. The van der Waals surface area contributed by atoms with Gasteiger partial charge in [-0.2, -0.15) is 0 Å². The van der Waals surface area contributed by atoms with Crippen LogP contribution in [0.4, 0.5) is 0 Å². The molecule has 1 spiro atoms. The topological polar surface area (TPSA) is 78.0 Å². The highest BCUT2D eigenvalue weighted by atomic mass is 16.5. The quantitative estimate of drug-likeness (QED) is 0.595. The number of nitrogens with zero attached hydrogens (tertiary/aromatic N) is 1. The second-order valence-corrected chi connectivity index (χ2v) is 9.02. The third-order valence-corrected chi connectivity index (χ3v) is 6.89. The van der Waals surface area contributed by atoms with Crippen LogP contribution in [0.5, 0.6) is 11.5 Å². The zero-order valence-corrected chi connectivity index (χ0v) is 18.1. The van der Waals surface area contributed by atoms with E-state index in [0.29, 0.717) is 13.0 Å². The molecule has 2 atom stereocenters. The normalized spacial score (nSPS) is 21.6. The number of methoxy groups -OCH3 is 1. The molecule has 1 fully saturated rings. The van der Waals surface area contributed by atoms with Gasteiger partial charge in [0, 0.05) is 60.3 Å². The van der Waals surface area contributed by atoms with Gasteiger partial charge in [0.1, 0.15) is 17.1 Å². The van der Waals surface area contributed by atoms with Gasteiger partial charge in [0.25, 0.3) is 0 Å². The minimum absolute atomic E-state index is 0.319. The maximum atomic E-state index is 10.9. The molecule has 3 heterocycles. The molecule has 6 heteroatoms. The van der Waals surface area contributed by atoms with Crippen molar-refractivity contribution in [2.45, 2.75) is 44.0 Å². The van der Waals surface area contributed by atoms with Gasteiger partial charge < -0.3 is 29.6 Å². The predicted octanol–water partition coefficient (Wildman–Crippen LogP) is 3.87. The number of nitrogens with one attached hydrogen (secondary N) is 1. The van der Waals surface area contributed by atoms with Crippen LogP contribution in [0.25, 0.3) is 10.9 Å². The molecule has 3 aromatic rings. The van der Waals surface area contributed by atoms with Gasteiger partial charge in [-0.25, -0.2) is 0 Å². The highest BCUT2D eigenvalue weighted by molar-refractivity contribution is 5.84. The molecule has 164 valence electrons. The Morgan fingerprint density at radius 2 is 2.03 bits per heavy atom. The summed E-state index contributed by atoms with van der Waals surface area (Å²) in [6.45, 7) is 4.28. The Bertz CT molecular complexity index is 1080. The second-order valence-electron chi connectivity index (χ2n) is 9.02. The maximum Gasteiger partial charge on any atom is 0.125 e. The van der Waals surface area contributed by atoms with Crippen LogP contribution >= 0.6 is 0 Å². The minimum atomic E-state index is -0.572. The van der Waals surface area contributed by atoms with Crippen molar-refractivity contribution in [1.82, 2.24) is 9.88 Å². The van der Waals surface area contributed by atoms with Gasteiger partial charge >= 0.3 is 0 Å². The summed E-state index contributed by atoms with van der Waals surface area (Å²) in [4.78, 5) is 5.53. The fourth-order valence-electron chi connectivity index (χ4n) is 5.08. The number of H-pyrrole nitrogens is 1. The number of fused-ring (bicyclic) bond motifs is 2. The lowest BCUT2D eigenvalue weighted by atomic mass is 9.81. The number of aryl methyl sites for hydroxylation is 1. The Hall–Kier alpha value is -2.54. The van der Waals surface area contributed by atoms with E-state index in [4.69, 9.17) is 9.47 Å². The van der Waals surface area contributed by atoms with Crippen LogP contribution in [0, 0.1) is 6.92 Å². The molecule has 5 rings (SSSR count). The van der Waals surface area contributed by atoms with Crippen LogP contribution < -0.4 is 9.47 Å².